The smallest absolute Gasteiger partial charge is 0.186 e. The van der Waals surface area contributed by atoms with Gasteiger partial charge in [-0.15, -0.1) is 0 Å². The van der Waals surface area contributed by atoms with E-state index in [4.69, 9.17) is 9.47 Å². The van der Waals surface area contributed by atoms with Crippen molar-refractivity contribution in [3.8, 4) is 0 Å². The lowest BCUT2D eigenvalue weighted by atomic mass is 10.0. The Balaban J connectivity index is 1.80. The standard InChI is InChI=1S/C21H42O5/c1-2-3-4-5-6-7-8-9-10-11-12-13-14-15-16-25-21-20(24)19(23)18(22)17-26-21/h18-24H,2-17H2,1H3/t18-,19+,20-,21?/m1/s1. The molecular weight excluding hydrogens is 332 g/mol. The summed E-state index contributed by atoms with van der Waals surface area (Å²) in [4.78, 5) is 0. The molecule has 0 aliphatic carbocycles. The summed E-state index contributed by atoms with van der Waals surface area (Å²) < 4.78 is 10.7. The normalized spacial score (nSPS) is 26.3. The van der Waals surface area contributed by atoms with Crippen molar-refractivity contribution in [1.82, 2.24) is 0 Å². The molecule has 5 nitrogen and oxygen atoms in total. The first kappa shape index (κ1) is 23.8. The SMILES string of the molecule is CCCCCCCCCCCCCCCCOC1OC[C@@H](O)[C@H](O)[C@H]1O. The number of rotatable bonds is 16. The molecule has 1 heterocycles. The van der Waals surface area contributed by atoms with Crippen LogP contribution >= 0.6 is 0 Å². The molecule has 1 saturated heterocycles. The summed E-state index contributed by atoms with van der Waals surface area (Å²) in [6.45, 7) is 2.78. The Morgan fingerprint density at radius 1 is 0.692 bits per heavy atom. The van der Waals surface area contributed by atoms with Crippen LogP contribution in [0.3, 0.4) is 0 Å². The maximum absolute atomic E-state index is 9.76. The van der Waals surface area contributed by atoms with Gasteiger partial charge in [0.1, 0.15) is 18.3 Å². The van der Waals surface area contributed by atoms with Crippen LogP contribution in [0.5, 0.6) is 0 Å². The first-order chi connectivity index (χ1) is 12.7. The Hall–Kier alpha value is -0.200. The van der Waals surface area contributed by atoms with Crippen LogP contribution in [0.25, 0.3) is 0 Å². The Morgan fingerprint density at radius 3 is 1.65 bits per heavy atom. The summed E-state index contributed by atoms with van der Waals surface area (Å²) in [5, 5.41) is 28.7. The van der Waals surface area contributed by atoms with Crippen molar-refractivity contribution < 1.29 is 24.8 Å². The molecule has 4 atom stereocenters. The first-order valence-corrected chi connectivity index (χ1v) is 10.9. The minimum absolute atomic E-state index is 0.00162. The molecule has 0 amide bonds. The highest BCUT2D eigenvalue weighted by atomic mass is 16.7. The molecule has 1 aliphatic rings. The molecule has 1 unspecified atom stereocenters. The minimum atomic E-state index is -1.19. The lowest BCUT2D eigenvalue weighted by Gasteiger charge is -2.34. The molecular formula is C21H42O5. The predicted octanol–water partition coefficient (Wildman–Crippen LogP) is 3.92. The Bertz CT molecular complexity index is 313. The second kappa shape index (κ2) is 15.8. The third-order valence-electron chi connectivity index (χ3n) is 5.23. The molecule has 1 rings (SSSR count). The fourth-order valence-corrected chi connectivity index (χ4v) is 3.42. The Kier molecular flexibility index (Phi) is 14.5. The van der Waals surface area contributed by atoms with Gasteiger partial charge in [0.2, 0.25) is 0 Å². The van der Waals surface area contributed by atoms with Gasteiger partial charge >= 0.3 is 0 Å². The maximum Gasteiger partial charge on any atom is 0.186 e. The number of aliphatic hydroxyl groups excluding tert-OH is 3. The first-order valence-electron chi connectivity index (χ1n) is 10.9. The highest BCUT2D eigenvalue weighted by molar-refractivity contribution is 4.82. The predicted molar refractivity (Wildman–Crippen MR) is 104 cm³/mol. The van der Waals surface area contributed by atoms with Crippen LogP contribution in [0.15, 0.2) is 0 Å². The molecule has 1 aliphatic heterocycles. The van der Waals surface area contributed by atoms with Gasteiger partial charge in [-0.3, -0.25) is 0 Å². The third-order valence-corrected chi connectivity index (χ3v) is 5.23. The molecule has 5 heteroatoms. The van der Waals surface area contributed by atoms with Crippen LogP contribution < -0.4 is 0 Å². The van der Waals surface area contributed by atoms with E-state index in [1.54, 1.807) is 0 Å². The van der Waals surface area contributed by atoms with E-state index in [1.165, 1.54) is 77.0 Å². The zero-order chi connectivity index (χ0) is 19.0. The monoisotopic (exact) mass is 374 g/mol. The van der Waals surface area contributed by atoms with Crippen molar-refractivity contribution in [2.24, 2.45) is 0 Å². The lowest BCUT2D eigenvalue weighted by molar-refractivity contribution is -0.270. The zero-order valence-electron chi connectivity index (χ0n) is 16.8. The highest BCUT2D eigenvalue weighted by Gasteiger charge is 2.37. The number of aliphatic hydroxyl groups is 3. The summed E-state index contributed by atoms with van der Waals surface area (Å²) in [7, 11) is 0. The van der Waals surface area contributed by atoms with Crippen LogP contribution in [0.4, 0.5) is 0 Å². The van der Waals surface area contributed by atoms with Crippen LogP contribution in [-0.4, -0.2) is 53.1 Å². The van der Waals surface area contributed by atoms with Crippen molar-refractivity contribution in [2.45, 2.75) is 121 Å². The van der Waals surface area contributed by atoms with Gasteiger partial charge in [0, 0.05) is 6.61 Å². The van der Waals surface area contributed by atoms with Crippen molar-refractivity contribution in [2.75, 3.05) is 13.2 Å². The fourth-order valence-electron chi connectivity index (χ4n) is 3.42. The fraction of sp³-hybridized carbons (Fsp3) is 1.00. The summed E-state index contributed by atoms with van der Waals surface area (Å²) in [5.74, 6) is 0. The number of unbranched alkanes of at least 4 members (excludes halogenated alkanes) is 13. The zero-order valence-corrected chi connectivity index (χ0v) is 16.8. The second-order valence-electron chi connectivity index (χ2n) is 7.72. The van der Waals surface area contributed by atoms with Gasteiger partial charge in [-0.1, -0.05) is 90.4 Å². The van der Waals surface area contributed by atoms with E-state index in [-0.39, 0.29) is 6.61 Å². The third kappa shape index (κ3) is 10.8. The van der Waals surface area contributed by atoms with Gasteiger partial charge in [0.15, 0.2) is 6.29 Å². The van der Waals surface area contributed by atoms with Crippen LogP contribution in [0.1, 0.15) is 96.8 Å². The van der Waals surface area contributed by atoms with Crippen molar-refractivity contribution in [1.29, 1.82) is 0 Å². The molecule has 0 bridgehead atoms. The average molecular weight is 375 g/mol. The second-order valence-corrected chi connectivity index (χ2v) is 7.72. The van der Waals surface area contributed by atoms with E-state index in [0.29, 0.717) is 6.61 Å². The van der Waals surface area contributed by atoms with E-state index in [2.05, 4.69) is 6.92 Å². The summed E-state index contributed by atoms with van der Waals surface area (Å²) in [6, 6.07) is 0. The van der Waals surface area contributed by atoms with Gasteiger partial charge in [0.25, 0.3) is 0 Å². The molecule has 3 N–H and O–H groups in total. The van der Waals surface area contributed by atoms with Gasteiger partial charge in [-0.2, -0.15) is 0 Å². The van der Waals surface area contributed by atoms with E-state index in [0.717, 1.165) is 12.8 Å². The summed E-state index contributed by atoms with van der Waals surface area (Å²) in [6.07, 6.45) is 14.1. The molecule has 0 aromatic heterocycles. The van der Waals surface area contributed by atoms with Crippen molar-refractivity contribution in [3.05, 3.63) is 0 Å². The topological polar surface area (TPSA) is 79.2 Å². The van der Waals surface area contributed by atoms with E-state index >= 15 is 0 Å². The van der Waals surface area contributed by atoms with Crippen LogP contribution in [0, 0.1) is 0 Å². The lowest BCUT2D eigenvalue weighted by Crippen LogP contribution is -2.53. The largest absolute Gasteiger partial charge is 0.388 e. The maximum atomic E-state index is 9.76. The molecule has 0 spiro atoms. The number of ether oxygens (including phenoxy) is 2. The quantitative estimate of drug-likeness (QED) is 0.357. The van der Waals surface area contributed by atoms with E-state index in [1.807, 2.05) is 0 Å². The summed E-state index contributed by atoms with van der Waals surface area (Å²) >= 11 is 0. The minimum Gasteiger partial charge on any atom is -0.388 e. The molecule has 0 saturated carbocycles. The number of hydrogen-bond acceptors (Lipinski definition) is 5. The molecule has 1 fully saturated rings. The van der Waals surface area contributed by atoms with Crippen molar-refractivity contribution in [3.63, 3.8) is 0 Å². The molecule has 0 aromatic rings. The number of hydrogen-bond donors (Lipinski definition) is 3. The van der Waals surface area contributed by atoms with Crippen LogP contribution in [0.2, 0.25) is 0 Å². The van der Waals surface area contributed by atoms with Crippen molar-refractivity contribution >= 4 is 0 Å². The Labute approximate surface area is 160 Å². The average Bonchev–Trinajstić information content (AvgIpc) is 2.64. The van der Waals surface area contributed by atoms with Gasteiger partial charge in [0.05, 0.1) is 6.61 Å². The Morgan fingerprint density at radius 2 is 1.15 bits per heavy atom. The molecule has 156 valence electrons. The summed E-state index contributed by atoms with van der Waals surface area (Å²) in [5.41, 5.74) is 0. The van der Waals surface area contributed by atoms with Crippen LogP contribution in [-0.2, 0) is 9.47 Å². The van der Waals surface area contributed by atoms with E-state index in [9.17, 15) is 15.3 Å². The van der Waals surface area contributed by atoms with Gasteiger partial charge < -0.3 is 24.8 Å². The highest BCUT2D eigenvalue weighted by Crippen LogP contribution is 2.17. The van der Waals surface area contributed by atoms with E-state index < -0.39 is 24.6 Å². The molecule has 26 heavy (non-hydrogen) atoms. The molecule has 0 aromatic carbocycles. The van der Waals surface area contributed by atoms with Gasteiger partial charge in [-0.25, -0.2) is 0 Å². The molecule has 0 radical (unpaired) electrons. The van der Waals surface area contributed by atoms with Gasteiger partial charge in [-0.05, 0) is 6.42 Å².